The van der Waals surface area contributed by atoms with Crippen LogP contribution in [-0.2, 0) is 0 Å². The second kappa shape index (κ2) is 5.17. The molecule has 0 radical (unpaired) electrons. The molecule has 2 N–H and O–H groups in total. The van der Waals surface area contributed by atoms with Crippen LogP contribution in [0.3, 0.4) is 0 Å². The highest BCUT2D eigenvalue weighted by Gasteiger charge is 2.10. The molecule has 0 bridgehead atoms. The van der Waals surface area contributed by atoms with E-state index in [1.807, 2.05) is 42.5 Å². The number of benzene rings is 2. The molecule has 0 saturated carbocycles. The molecule has 2 heteroatoms. The maximum absolute atomic E-state index is 5.99. The van der Waals surface area contributed by atoms with Crippen LogP contribution in [0.4, 0.5) is 5.82 Å². The van der Waals surface area contributed by atoms with Crippen molar-refractivity contribution in [2.24, 2.45) is 0 Å². The van der Waals surface area contributed by atoms with Crippen LogP contribution in [0, 0.1) is 6.92 Å². The number of aromatic nitrogens is 1. The van der Waals surface area contributed by atoms with Gasteiger partial charge in [-0.15, -0.1) is 0 Å². The Morgan fingerprint density at radius 1 is 0.800 bits per heavy atom. The summed E-state index contributed by atoms with van der Waals surface area (Å²) in [5.74, 6) is 0.549. The summed E-state index contributed by atoms with van der Waals surface area (Å²) < 4.78 is 0. The van der Waals surface area contributed by atoms with Crippen molar-refractivity contribution in [3.8, 4) is 22.4 Å². The maximum atomic E-state index is 5.99. The van der Waals surface area contributed by atoms with Crippen molar-refractivity contribution in [1.29, 1.82) is 0 Å². The molecular weight excluding hydrogens is 244 g/mol. The van der Waals surface area contributed by atoms with Crippen LogP contribution in [0.2, 0.25) is 0 Å². The molecule has 20 heavy (non-hydrogen) atoms. The van der Waals surface area contributed by atoms with Crippen molar-refractivity contribution < 1.29 is 0 Å². The zero-order chi connectivity index (χ0) is 13.9. The minimum Gasteiger partial charge on any atom is -0.384 e. The van der Waals surface area contributed by atoms with Crippen molar-refractivity contribution in [2.75, 3.05) is 5.73 Å². The molecule has 1 aromatic heterocycles. The number of hydrogen-bond acceptors (Lipinski definition) is 2. The van der Waals surface area contributed by atoms with Gasteiger partial charge in [0.15, 0.2) is 0 Å². The van der Waals surface area contributed by atoms with Gasteiger partial charge in [-0.05, 0) is 29.7 Å². The molecule has 2 nitrogen and oxygen atoms in total. The van der Waals surface area contributed by atoms with Gasteiger partial charge in [0.2, 0.25) is 0 Å². The van der Waals surface area contributed by atoms with Crippen molar-refractivity contribution in [2.45, 2.75) is 6.92 Å². The van der Waals surface area contributed by atoms with Crippen molar-refractivity contribution in [1.82, 2.24) is 4.98 Å². The summed E-state index contributed by atoms with van der Waals surface area (Å²) in [7, 11) is 0. The zero-order valence-corrected chi connectivity index (χ0v) is 11.4. The number of hydrogen-bond donors (Lipinski definition) is 1. The van der Waals surface area contributed by atoms with Crippen molar-refractivity contribution >= 4 is 5.82 Å². The first kappa shape index (κ1) is 12.4. The third kappa shape index (κ3) is 2.28. The Balaban J connectivity index is 2.22. The summed E-state index contributed by atoms with van der Waals surface area (Å²) >= 11 is 0. The van der Waals surface area contributed by atoms with E-state index in [1.54, 1.807) is 0 Å². The highest BCUT2D eigenvalue weighted by molar-refractivity contribution is 5.78. The van der Waals surface area contributed by atoms with Gasteiger partial charge in [0.1, 0.15) is 5.82 Å². The van der Waals surface area contributed by atoms with E-state index in [9.17, 15) is 0 Å². The second-order valence-electron chi connectivity index (χ2n) is 4.80. The fraction of sp³-hybridized carbons (Fsp3) is 0.0556. The van der Waals surface area contributed by atoms with Gasteiger partial charge in [-0.3, -0.25) is 0 Å². The summed E-state index contributed by atoms with van der Waals surface area (Å²) in [6.07, 6.45) is 0. The van der Waals surface area contributed by atoms with Gasteiger partial charge < -0.3 is 5.73 Å². The van der Waals surface area contributed by atoms with E-state index in [1.165, 1.54) is 0 Å². The lowest BCUT2D eigenvalue weighted by Crippen LogP contribution is -1.98. The van der Waals surface area contributed by atoms with E-state index in [2.05, 4.69) is 36.2 Å². The molecule has 0 unspecified atom stereocenters. The molecular formula is C18H16N2. The molecule has 0 aliphatic rings. The van der Waals surface area contributed by atoms with Crippen LogP contribution < -0.4 is 5.73 Å². The van der Waals surface area contributed by atoms with E-state index in [-0.39, 0.29) is 0 Å². The van der Waals surface area contributed by atoms with Crippen molar-refractivity contribution in [3.63, 3.8) is 0 Å². The average molecular weight is 260 g/mol. The van der Waals surface area contributed by atoms with Gasteiger partial charge in [-0.2, -0.15) is 0 Å². The highest BCUT2D eigenvalue weighted by atomic mass is 14.8. The third-order valence-electron chi connectivity index (χ3n) is 3.42. The van der Waals surface area contributed by atoms with Gasteiger partial charge in [0.25, 0.3) is 0 Å². The Morgan fingerprint density at radius 3 is 1.95 bits per heavy atom. The largest absolute Gasteiger partial charge is 0.384 e. The molecule has 0 saturated heterocycles. The van der Waals surface area contributed by atoms with E-state index >= 15 is 0 Å². The SMILES string of the molecule is Cc1c(-c2ccccc2)cc(N)nc1-c1ccccc1. The van der Waals surface area contributed by atoms with Crippen LogP contribution in [0.5, 0.6) is 0 Å². The van der Waals surface area contributed by atoms with Crippen LogP contribution in [0.1, 0.15) is 5.56 Å². The topological polar surface area (TPSA) is 38.9 Å². The van der Waals surface area contributed by atoms with Crippen LogP contribution in [0.15, 0.2) is 66.7 Å². The predicted molar refractivity (Wildman–Crippen MR) is 84.3 cm³/mol. The molecule has 2 aromatic carbocycles. The quantitative estimate of drug-likeness (QED) is 0.745. The molecule has 0 fully saturated rings. The lowest BCUT2D eigenvalue weighted by atomic mass is 9.97. The predicted octanol–water partition coefficient (Wildman–Crippen LogP) is 4.31. The molecule has 1 heterocycles. The van der Waals surface area contributed by atoms with E-state index < -0.39 is 0 Å². The van der Waals surface area contributed by atoms with E-state index in [0.717, 1.165) is 27.9 Å². The Kier molecular flexibility index (Phi) is 3.21. The number of pyridine rings is 1. The Labute approximate surface area is 118 Å². The molecule has 0 spiro atoms. The second-order valence-corrected chi connectivity index (χ2v) is 4.80. The number of rotatable bonds is 2. The smallest absolute Gasteiger partial charge is 0.124 e. The standard InChI is InChI=1S/C18H16N2/c1-13-16(14-8-4-2-5-9-14)12-17(19)20-18(13)15-10-6-3-7-11-15/h2-12H,1H3,(H2,19,20). The lowest BCUT2D eigenvalue weighted by molar-refractivity contribution is 1.28. The average Bonchev–Trinajstić information content (AvgIpc) is 2.51. The molecule has 0 aliphatic heterocycles. The normalized spacial score (nSPS) is 10.4. The fourth-order valence-electron chi connectivity index (χ4n) is 2.42. The number of anilines is 1. The monoisotopic (exact) mass is 260 g/mol. The van der Waals surface area contributed by atoms with Gasteiger partial charge in [0, 0.05) is 5.56 Å². The summed E-state index contributed by atoms with van der Waals surface area (Å²) in [5, 5.41) is 0. The first-order valence-electron chi connectivity index (χ1n) is 6.63. The van der Waals surface area contributed by atoms with Crippen LogP contribution in [0.25, 0.3) is 22.4 Å². The third-order valence-corrected chi connectivity index (χ3v) is 3.42. The van der Waals surface area contributed by atoms with Crippen LogP contribution in [-0.4, -0.2) is 4.98 Å². The first-order valence-corrected chi connectivity index (χ1v) is 6.63. The van der Waals surface area contributed by atoms with Gasteiger partial charge in [-0.25, -0.2) is 4.98 Å². The first-order chi connectivity index (χ1) is 9.75. The fourth-order valence-corrected chi connectivity index (χ4v) is 2.42. The summed E-state index contributed by atoms with van der Waals surface area (Å²) in [6.45, 7) is 2.09. The van der Waals surface area contributed by atoms with Crippen LogP contribution >= 0.6 is 0 Å². The molecule has 98 valence electrons. The molecule has 3 aromatic rings. The molecule has 3 rings (SSSR count). The number of nitrogens with two attached hydrogens (primary N) is 1. The summed E-state index contributed by atoms with van der Waals surface area (Å²) in [5.41, 5.74) is 11.5. The Hall–Kier alpha value is -2.61. The van der Waals surface area contributed by atoms with Gasteiger partial charge in [0.05, 0.1) is 5.69 Å². The summed E-state index contributed by atoms with van der Waals surface area (Å²) in [6, 6.07) is 22.4. The van der Waals surface area contributed by atoms with Gasteiger partial charge >= 0.3 is 0 Å². The zero-order valence-electron chi connectivity index (χ0n) is 11.4. The molecule has 0 atom stereocenters. The Bertz CT molecular complexity index is 658. The number of nitrogen functional groups attached to an aromatic ring is 1. The maximum Gasteiger partial charge on any atom is 0.124 e. The van der Waals surface area contributed by atoms with Crippen molar-refractivity contribution in [3.05, 3.63) is 72.3 Å². The summed E-state index contributed by atoms with van der Waals surface area (Å²) in [4.78, 5) is 4.51. The van der Waals surface area contributed by atoms with Gasteiger partial charge in [-0.1, -0.05) is 60.7 Å². The molecule has 0 aliphatic carbocycles. The highest BCUT2D eigenvalue weighted by Crippen LogP contribution is 2.31. The Morgan fingerprint density at radius 2 is 1.35 bits per heavy atom. The minimum atomic E-state index is 0.549. The minimum absolute atomic E-state index is 0.549. The van der Waals surface area contributed by atoms with E-state index in [0.29, 0.717) is 5.82 Å². The van der Waals surface area contributed by atoms with E-state index in [4.69, 9.17) is 5.73 Å². The number of nitrogens with zero attached hydrogens (tertiary/aromatic N) is 1. The lowest BCUT2D eigenvalue weighted by Gasteiger charge is -2.12. The molecule has 0 amide bonds.